The average Bonchev–Trinajstić information content (AvgIpc) is 2.50. The van der Waals surface area contributed by atoms with Crippen LogP contribution in [-0.2, 0) is 10.3 Å². The summed E-state index contributed by atoms with van der Waals surface area (Å²) >= 11 is 0. The van der Waals surface area contributed by atoms with E-state index in [9.17, 15) is 5.11 Å². The number of aliphatic hydroxyl groups is 1. The van der Waals surface area contributed by atoms with E-state index in [1.165, 1.54) is 19.3 Å². The van der Waals surface area contributed by atoms with E-state index in [0.29, 0.717) is 25.0 Å². The zero-order chi connectivity index (χ0) is 14.4. The first-order valence-electron chi connectivity index (χ1n) is 7.75. The first kappa shape index (κ1) is 15.5. The molecule has 0 amide bonds. The lowest BCUT2D eigenvalue weighted by Crippen LogP contribution is -2.37. The predicted octanol–water partition coefficient (Wildman–Crippen LogP) is 2.82. The molecule has 2 rings (SSSR count). The van der Waals surface area contributed by atoms with E-state index in [1.54, 1.807) is 0 Å². The van der Waals surface area contributed by atoms with Crippen molar-refractivity contribution in [3.8, 4) is 0 Å². The van der Waals surface area contributed by atoms with Crippen molar-refractivity contribution in [3.05, 3.63) is 35.9 Å². The molecule has 112 valence electrons. The zero-order valence-electron chi connectivity index (χ0n) is 12.4. The van der Waals surface area contributed by atoms with Crippen molar-refractivity contribution in [2.75, 3.05) is 13.2 Å². The van der Waals surface area contributed by atoms with Gasteiger partial charge in [0.05, 0.1) is 12.7 Å². The highest BCUT2D eigenvalue weighted by Gasteiger charge is 2.28. The molecule has 3 N–H and O–H groups in total. The molecule has 1 saturated carbocycles. The second-order valence-corrected chi connectivity index (χ2v) is 6.02. The van der Waals surface area contributed by atoms with E-state index in [-0.39, 0.29) is 6.54 Å². The van der Waals surface area contributed by atoms with Crippen molar-refractivity contribution in [2.45, 2.75) is 50.7 Å². The van der Waals surface area contributed by atoms with Crippen LogP contribution in [0.2, 0.25) is 0 Å². The third kappa shape index (κ3) is 3.81. The molecule has 1 aromatic carbocycles. The largest absolute Gasteiger partial charge is 0.384 e. The fraction of sp³-hybridized carbons (Fsp3) is 0.647. The molecule has 1 aliphatic carbocycles. The molecule has 0 bridgehead atoms. The molecule has 3 unspecified atom stereocenters. The first-order valence-corrected chi connectivity index (χ1v) is 7.75. The highest BCUT2D eigenvalue weighted by molar-refractivity contribution is 5.22. The van der Waals surface area contributed by atoms with Gasteiger partial charge in [0.1, 0.15) is 5.60 Å². The van der Waals surface area contributed by atoms with Crippen LogP contribution in [0.25, 0.3) is 0 Å². The van der Waals surface area contributed by atoms with Gasteiger partial charge in [0.25, 0.3) is 0 Å². The van der Waals surface area contributed by atoms with E-state index >= 15 is 0 Å². The Balaban J connectivity index is 1.87. The lowest BCUT2D eigenvalue weighted by atomic mass is 9.87. The van der Waals surface area contributed by atoms with Gasteiger partial charge in [-0.1, -0.05) is 50.1 Å². The van der Waals surface area contributed by atoms with Gasteiger partial charge < -0.3 is 15.6 Å². The smallest absolute Gasteiger partial charge is 0.104 e. The van der Waals surface area contributed by atoms with Crippen LogP contribution in [0.3, 0.4) is 0 Å². The quantitative estimate of drug-likeness (QED) is 0.840. The van der Waals surface area contributed by atoms with Gasteiger partial charge in [-0.15, -0.1) is 0 Å². The summed E-state index contributed by atoms with van der Waals surface area (Å²) in [6.45, 7) is 3.05. The van der Waals surface area contributed by atoms with Crippen LogP contribution in [0.5, 0.6) is 0 Å². The number of hydrogen-bond donors (Lipinski definition) is 2. The topological polar surface area (TPSA) is 55.5 Å². The number of rotatable bonds is 6. The van der Waals surface area contributed by atoms with Crippen LogP contribution >= 0.6 is 0 Å². The van der Waals surface area contributed by atoms with Crippen molar-refractivity contribution in [1.82, 2.24) is 0 Å². The van der Waals surface area contributed by atoms with Crippen LogP contribution in [0.4, 0.5) is 0 Å². The molecule has 0 saturated heterocycles. The van der Waals surface area contributed by atoms with Gasteiger partial charge in [0.2, 0.25) is 0 Å². The number of ether oxygens (including phenoxy) is 1. The normalized spacial score (nSPS) is 26.1. The van der Waals surface area contributed by atoms with E-state index in [1.807, 2.05) is 30.3 Å². The Labute approximate surface area is 122 Å². The molecular weight excluding hydrogens is 250 g/mol. The predicted molar refractivity (Wildman–Crippen MR) is 81.4 cm³/mol. The molecule has 0 heterocycles. The van der Waals surface area contributed by atoms with E-state index in [0.717, 1.165) is 12.0 Å². The SMILES string of the molecule is CC1CCCCC1OCCC(O)(CN)c1ccccc1. The van der Waals surface area contributed by atoms with Crippen LogP contribution in [0.15, 0.2) is 30.3 Å². The van der Waals surface area contributed by atoms with Gasteiger partial charge in [-0.25, -0.2) is 0 Å². The van der Waals surface area contributed by atoms with Crippen molar-refractivity contribution in [3.63, 3.8) is 0 Å². The summed E-state index contributed by atoms with van der Waals surface area (Å²) in [5.41, 5.74) is 5.68. The summed E-state index contributed by atoms with van der Waals surface area (Å²) in [5.74, 6) is 0.631. The molecule has 0 aliphatic heterocycles. The highest BCUT2D eigenvalue weighted by atomic mass is 16.5. The van der Waals surface area contributed by atoms with Gasteiger partial charge in [-0.05, 0) is 24.3 Å². The Kier molecular flexibility index (Phi) is 5.58. The molecule has 1 aliphatic rings. The number of benzene rings is 1. The zero-order valence-corrected chi connectivity index (χ0v) is 12.4. The van der Waals surface area contributed by atoms with Gasteiger partial charge in [0.15, 0.2) is 0 Å². The lowest BCUT2D eigenvalue weighted by Gasteiger charge is -2.31. The molecular formula is C17H27NO2. The van der Waals surface area contributed by atoms with Crippen LogP contribution < -0.4 is 5.73 Å². The molecule has 0 spiro atoms. The summed E-state index contributed by atoms with van der Waals surface area (Å²) in [7, 11) is 0. The highest BCUT2D eigenvalue weighted by Crippen LogP contribution is 2.28. The summed E-state index contributed by atoms with van der Waals surface area (Å²) < 4.78 is 6.00. The lowest BCUT2D eigenvalue weighted by molar-refractivity contribution is -0.0448. The third-order valence-electron chi connectivity index (χ3n) is 4.53. The summed E-state index contributed by atoms with van der Waals surface area (Å²) in [6.07, 6.45) is 5.88. The monoisotopic (exact) mass is 277 g/mol. The molecule has 3 heteroatoms. The Hall–Kier alpha value is -0.900. The van der Waals surface area contributed by atoms with Crippen LogP contribution in [0.1, 0.15) is 44.6 Å². The Morgan fingerprint density at radius 1 is 1.25 bits per heavy atom. The number of hydrogen-bond acceptors (Lipinski definition) is 3. The van der Waals surface area contributed by atoms with Crippen molar-refractivity contribution >= 4 is 0 Å². The maximum Gasteiger partial charge on any atom is 0.104 e. The molecule has 3 atom stereocenters. The van der Waals surface area contributed by atoms with E-state index in [2.05, 4.69) is 6.92 Å². The van der Waals surface area contributed by atoms with E-state index in [4.69, 9.17) is 10.5 Å². The molecule has 3 nitrogen and oxygen atoms in total. The third-order valence-corrected chi connectivity index (χ3v) is 4.53. The van der Waals surface area contributed by atoms with Gasteiger partial charge in [-0.3, -0.25) is 0 Å². The van der Waals surface area contributed by atoms with Crippen molar-refractivity contribution in [2.24, 2.45) is 11.7 Å². The number of nitrogens with two attached hydrogens (primary N) is 1. The minimum absolute atomic E-state index is 0.223. The van der Waals surface area contributed by atoms with Crippen LogP contribution in [0, 0.1) is 5.92 Å². The van der Waals surface area contributed by atoms with Crippen LogP contribution in [-0.4, -0.2) is 24.4 Å². The second-order valence-electron chi connectivity index (χ2n) is 6.02. The standard InChI is InChI=1S/C17H27NO2/c1-14-7-5-6-10-16(14)20-12-11-17(19,13-18)15-8-3-2-4-9-15/h2-4,8-9,14,16,19H,5-7,10-13,18H2,1H3. The Morgan fingerprint density at radius 3 is 2.60 bits per heavy atom. The maximum absolute atomic E-state index is 10.7. The molecule has 0 aromatic heterocycles. The van der Waals surface area contributed by atoms with E-state index < -0.39 is 5.60 Å². The second kappa shape index (κ2) is 7.21. The summed E-state index contributed by atoms with van der Waals surface area (Å²) in [5, 5.41) is 10.7. The molecule has 1 fully saturated rings. The first-order chi connectivity index (χ1) is 9.65. The summed E-state index contributed by atoms with van der Waals surface area (Å²) in [4.78, 5) is 0. The fourth-order valence-corrected chi connectivity index (χ4v) is 3.02. The average molecular weight is 277 g/mol. The fourth-order valence-electron chi connectivity index (χ4n) is 3.02. The minimum atomic E-state index is -0.973. The van der Waals surface area contributed by atoms with Gasteiger partial charge in [0, 0.05) is 13.0 Å². The van der Waals surface area contributed by atoms with Crippen molar-refractivity contribution in [1.29, 1.82) is 0 Å². The van der Waals surface area contributed by atoms with Gasteiger partial charge in [-0.2, -0.15) is 0 Å². The van der Waals surface area contributed by atoms with Crippen molar-refractivity contribution < 1.29 is 9.84 Å². The molecule has 1 aromatic rings. The molecule has 0 radical (unpaired) electrons. The Morgan fingerprint density at radius 2 is 1.95 bits per heavy atom. The minimum Gasteiger partial charge on any atom is -0.384 e. The Bertz CT molecular complexity index is 395. The molecule has 20 heavy (non-hydrogen) atoms. The summed E-state index contributed by atoms with van der Waals surface area (Å²) in [6, 6.07) is 9.66. The van der Waals surface area contributed by atoms with Gasteiger partial charge >= 0.3 is 0 Å². The maximum atomic E-state index is 10.7.